The van der Waals surface area contributed by atoms with E-state index in [1.54, 1.807) is 0 Å². The zero-order valence-corrected chi connectivity index (χ0v) is 13.8. The normalized spacial score (nSPS) is 14.6. The lowest BCUT2D eigenvalue weighted by molar-refractivity contribution is 0.676. The van der Waals surface area contributed by atoms with Crippen molar-refractivity contribution < 1.29 is 0 Å². The second kappa shape index (κ2) is 6.71. The van der Waals surface area contributed by atoms with E-state index in [0.717, 1.165) is 25.4 Å². The zero-order valence-electron chi connectivity index (χ0n) is 13.0. The Hall–Kier alpha value is -1.19. The van der Waals surface area contributed by atoms with Crippen LogP contribution in [0.15, 0.2) is 24.3 Å². The van der Waals surface area contributed by atoms with E-state index >= 15 is 0 Å². The third kappa shape index (κ3) is 3.92. The highest BCUT2D eigenvalue weighted by molar-refractivity contribution is 7.11. The maximum atomic E-state index is 4.95. The summed E-state index contributed by atoms with van der Waals surface area (Å²) in [5, 5.41) is 4.80. The first kappa shape index (κ1) is 14.7. The first-order valence-corrected chi connectivity index (χ1v) is 8.82. The molecule has 3 heteroatoms. The molecule has 1 fully saturated rings. The van der Waals surface area contributed by atoms with Crippen molar-refractivity contribution >= 4 is 11.3 Å². The Labute approximate surface area is 131 Å². The van der Waals surface area contributed by atoms with Crippen LogP contribution in [-0.4, -0.2) is 11.5 Å². The number of hydrogen-bond acceptors (Lipinski definition) is 3. The van der Waals surface area contributed by atoms with Gasteiger partial charge in [-0.15, -0.1) is 11.3 Å². The van der Waals surface area contributed by atoms with Gasteiger partial charge in [0, 0.05) is 23.8 Å². The number of benzene rings is 1. The second-order valence-corrected chi connectivity index (χ2v) is 7.20. The van der Waals surface area contributed by atoms with Crippen LogP contribution in [0.25, 0.3) is 0 Å². The van der Waals surface area contributed by atoms with Crippen LogP contribution in [0.5, 0.6) is 0 Å². The molecule has 3 rings (SSSR count). The van der Waals surface area contributed by atoms with E-state index in [2.05, 4.69) is 43.4 Å². The standard InChI is InChI=1S/C18H24N2S/c1-3-10-19-12-16-18(15-8-9-15)20-17(21-16)11-14-6-4-13(2)5-7-14/h4-7,15,19H,3,8-12H2,1-2H3. The highest BCUT2D eigenvalue weighted by Gasteiger charge is 2.29. The molecule has 1 aromatic carbocycles. The fourth-order valence-electron chi connectivity index (χ4n) is 2.55. The molecule has 1 heterocycles. The zero-order chi connectivity index (χ0) is 14.7. The summed E-state index contributed by atoms with van der Waals surface area (Å²) in [4.78, 5) is 6.41. The molecule has 0 aliphatic heterocycles. The molecule has 1 N–H and O–H groups in total. The summed E-state index contributed by atoms with van der Waals surface area (Å²) in [6, 6.07) is 8.83. The van der Waals surface area contributed by atoms with Crippen molar-refractivity contribution in [2.45, 2.75) is 52.0 Å². The molecule has 0 saturated heterocycles. The molecule has 2 nitrogen and oxygen atoms in total. The minimum atomic E-state index is 0.742. The van der Waals surface area contributed by atoms with Crippen molar-refractivity contribution in [3.8, 4) is 0 Å². The highest BCUT2D eigenvalue weighted by atomic mass is 32.1. The minimum absolute atomic E-state index is 0.742. The van der Waals surface area contributed by atoms with Crippen LogP contribution in [0, 0.1) is 6.92 Å². The molecule has 0 bridgehead atoms. The van der Waals surface area contributed by atoms with Gasteiger partial charge in [0.15, 0.2) is 0 Å². The van der Waals surface area contributed by atoms with Crippen molar-refractivity contribution in [2.24, 2.45) is 0 Å². The Morgan fingerprint density at radius 3 is 2.67 bits per heavy atom. The molecule has 21 heavy (non-hydrogen) atoms. The molecule has 2 aromatic rings. The summed E-state index contributed by atoms with van der Waals surface area (Å²) in [5.41, 5.74) is 4.07. The van der Waals surface area contributed by atoms with Crippen molar-refractivity contribution in [1.82, 2.24) is 10.3 Å². The highest BCUT2D eigenvalue weighted by Crippen LogP contribution is 2.42. The maximum absolute atomic E-state index is 4.95. The number of hydrogen-bond donors (Lipinski definition) is 1. The Bertz CT molecular complexity index is 582. The first-order valence-electron chi connectivity index (χ1n) is 8.01. The molecule has 0 spiro atoms. The lowest BCUT2D eigenvalue weighted by Gasteiger charge is -2.01. The molecule has 0 unspecified atom stereocenters. The fraction of sp³-hybridized carbons (Fsp3) is 0.500. The van der Waals surface area contributed by atoms with Gasteiger partial charge in [0.25, 0.3) is 0 Å². The molecule has 1 saturated carbocycles. The third-order valence-corrected chi connectivity index (χ3v) is 5.00. The van der Waals surface area contributed by atoms with Gasteiger partial charge >= 0.3 is 0 Å². The van der Waals surface area contributed by atoms with E-state index in [-0.39, 0.29) is 0 Å². The second-order valence-electron chi connectivity index (χ2n) is 6.03. The Morgan fingerprint density at radius 1 is 1.24 bits per heavy atom. The smallest absolute Gasteiger partial charge is 0.0975 e. The largest absolute Gasteiger partial charge is 0.312 e. The summed E-state index contributed by atoms with van der Waals surface area (Å²) in [6.45, 7) is 6.43. The fourth-order valence-corrected chi connectivity index (χ4v) is 3.71. The van der Waals surface area contributed by atoms with Crippen LogP contribution in [0.4, 0.5) is 0 Å². The van der Waals surface area contributed by atoms with E-state index in [9.17, 15) is 0 Å². The number of rotatable bonds is 7. The number of thiazole rings is 1. The summed E-state index contributed by atoms with van der Waals surface area (Å²) >= 11 is 1.90. The van der Waals surface area contributed by atoms with Crippen LogP contribution >= 0.6 is 11.3 Å². The van der Waals surface area contributed by atoms with Gasteiger partial charge < -0.3 is 5.32 Å². The van der Waals surface area contributed by atoms with Gasteiger partial charge in [0.2, 0.25) is 0 Å². The van der Waals surface area contributed by atoms with Crippen LogP contribution in [-0.2, 0) is 13.0 Å². The van der Waals surface area contributed by atoms with E-state index in [0.29, 0.717) is 0 Å². The van der Waals surface area contributed by atoms with E-state index in [1.165, 1.54) is 46.0 Å². The van der Waals surface area contributed by atoms with E-state index < -0.39 is 0 Å². The summed E-state index contributed by atoms with van der Waals surface area (Å²) in [6.07, 6.45) is 4.81. The molecule has 0 amide bonds. The molecular formula is C18H24N2S. The van der Waals surface area contributed by atoms with E-state index in [1.807, 2.05) is 11.3 Å². The topological polar surface area (TPSA) is 24.9 Å². The average molecular weight is 300 g/mol. The maximum Gasteiger partial charge on any atom is 0.0975 e. The van der Waals surface area contributed by atoms with Crippen molar-refractivity contribution in [2.75, 3.05) is 6.54 Å². The van der Waals surface area contributed by atoms with Crippen LogP contribution in [0.2, 0.25) is 0 Å². The molecule has 0 radical (unpaired) electrons. The first-order chi connectivity index (χ1) is 10.3. The van der Waals surface area contributed by atoms with Crippen LogP contribution < -0.4 is 5.32 Å². The summed E-state index contributed by atoms with van der Waals surface area (Å²) in [7, 11) is 0. The molecular weight excluding hydrogens is 276 g/mol. The van der Waals surface area contributed by atoms with Crippen LogP contribution in [0.3, 0.4) is 0 Å². The Morgan fingerprint density at radius 2 is 2.00 bits per heavy atom. The lowest BCUT2D eigenvalue weighted by Crippen LogP contribution is -2.13. The SMILES string of the molecule is CCCNCc1sc(Cc2ccc(C)cc2)nc1C1CC1. The Balaban J connectivity index is 1.72. The van der Waals surface area contributed by atoms with Crippen molar-refractivity contribution in [3.63, 3.8) is 0 Å². The molecule has 112 valence electrons. The quantitative estimate of drug-likeness (QED) is 0.766. The van der Waals surface area contributed by atoms with Crippen molar-refractivity contribution in [3.05, 3.63) is 51.0 Å². The predicted octanol–water partition coefficient (Wildman–Crippen LogP) is 4.42. The van der Waals surface area contributed by atoms with E-state index in [4.69, 9.17) is 4.98 Å². The Kier molecular flexibility index (Phi) is 4.71. The number of aryl methyl sites for hydroxylation is 1. The summed E-state index contributed by atoms with van der Waals surface area (Å²) < 4.78 is 0. The van der Waals surface area contributed by atoms with Gasteiger partial charge in [-0.05, 0) is 38.3 Å². The van der Waals surface area contributed by atoms with Gasteiger partial charge in [-0.25, -0.2) is 4.98 Å². The number of aromatic nitrogens is 1. The molecule has 1 aliphatic carbocycles. The lowest BCUT2D eigenvalue weighted by atomic mass is 10.1. The van der Waals surface area contributed by atoms with Gasteiger partial charge in [-0.2, -0.15) is 0 Å². The molecule has 1 aliphatic rings. The number of nitrogens with zero attached hydrogens (tertiary/aromatic N) is 1. The minimum Gasteiger partial charge on any atom is -0.312 e. The van der Waals surface area contributed by atoms with Gasteiger partial charge in [-0.1, -0.05) is 36.8 Å². The predicted molar refractivity (Wildman–Crippen MR) is 90.1 cm³/mol. The monoisotopic (exact) mass is 300 g/mol. The number of nitrogens with one attached hydrogen (secondary N) is 1. The van der Waals surface area contributed by atoms with Crippen LogP contribution in [0.1, 0.15) is 58.8 Å². The third-order valence-electron chi connectivity index (χ3n) is 3.92. The van der Waals surface area contributed by atoms with Crippen molar-refractivity contribution in [1.29, 1.82) is 0 Å². The average Bonchev–Trinajstić information content (AvgIpc) is 3.25. The van der Waals surface area contributed by atoms with Gasteiger partial charge in [0.1, 0.15) is 0 Å². The summed E-state index contributed by atoms with van der Waals surface area (Å²) in [5.74, 6) is 0.742. The molecule has 1 aromatic heterocycles. The molecule has 0 atom stereocenters. The van der Waals surface area contributed by atoms with Gasteiger partial charge in [-0.3, -0.25) is 0 Å². The van der Waals surface area contributed by atoms with Gasteiger partial charge in [0.05, 0.1) is 10.7 Å².